The van der Waals surface area contributed by atoms with Gasteiger partial charge in [0.05, 0.1) is 0 Å². The topological polar surface area (TPSA) is 12.0 Å². The highest BCUT2D eigenvalue weighted by molar-refractivity contribution is 5.58. The Morgan fingerprint density at radius 3 is 2.59 bits per heavy atom. The summed E-state index contributed by atoms with van der Waals surface area (Å²) in [7, 11) is 0. The van der Waals surface area contributed by atoms with E-state index < -0.39 is 0 Å². The van der Waals surface area contributed by atoms with E-state index in [0.717, 1.165) is 18.2 Å². The van der Waals surface area contributed by atoms with E-state index in [-0.39, 0.29) is 5.82 Å². The van der Waals surface area contributed by atoms with Crippen molar-refractivity contribution in [3.05, 3.63) is 29.6 Å². The van der Waals surface area contributed by atoms with Gasteiger partial charge in [-0.2, -0.15) is 0 Å². The van der Waals surface area contributed by atoms with Gasteiger partial charge in [0.2, 0.25) is 0 Å². The molecular weight excluding hydrogens is 213 g/mol. The van der Waals surface area contributed by atoms with Crippen LogP contribution in [0.15, 0.2) is 18.2 Å². The normalized spacial score (nSPS) is 25.1. The molecule has 17 heavy (non-hydrogen) atoms. The van der Waals surface area contributed by atoms with Crippen molar-refractivity contribution in [1.82, 2.24) is 0 Å². The van der Waals surface area contributed by atoms with Gasteiger partial charge in [-0.25, -0.2) is 4.39 Å². The summed E-state index contributed by atoms with van der Waals surface area (Å²) in [5.74, 6) is 1.21. The molecule has 1 fully saturated rings. The van der Waals surface area contributed by atoms with Crippen LogP contribution in [-0.4, -0.2) is 6.54 Å². The Morgan fingerprint density at radius 1 is 1.06 bits per heavy atom. The second kappa shape index (κ2) is 4.67. The number of hydrogen-bond acceptors (Lipinski definition) is 1. The van der Waals surface area contributed by atoms with Crippen molar-refractivity contribution in [1.29, 1.82) is 0 Å². The molecule has 1 nitrogen and oxygen atoms in total. The molecule has 0 bridgehead atoms. The van der Waals surface area contributed by atoms with Gasteiger partial charge in [0, 0.05) is 18.2 Å². The maximum atomic E-state index is 13.4. The quantitative estimate of drug-likeness (QED) is 0.713. The summed E-state index contributed by atoms with van der Waals surface area (Å²) in [4.78, 5) is 0. The third-order valence-electron chi connectivity index (χ3n) is 4.39. The summed E-state index contributed by atoms with van der Waals surface area (Å²) < 4.78 is 13.4. The second-order valence-corrected chi connectivity index (χ2v) is 5.47. The minimum atomic E-state index is -0.0916. The van der Waals surface area contributed by atoms with Crippen molar-refractivity contribution >= 4 is 5.69 Å². The second-order valence-electron chi connectivity index (χ2n) is 5.47. The minimum absolute atomic E-state index is 0.0916. The zero-order chi connectivity index (χ0) is 11.7. The molecule has 1 saturated carbocycles. The van der Waals surface area contributed by atoms with Crippen LogP contribution in [0.4, 0.5) is 10.1 Å². The molecule has 0 amide bonds. The first-order chi connectivity index (χ1) is 8.34. The van der Waals surface area contributed by atoms with E-state index in [9.17, 15) is 4.39 Å². The van der Waals surface area contributed by atoms with Gasteiger partial charge in [-0.3, -0.25) is 0 Å². The molecule has 3 rings (SSSR count). The molecular formula is C15H20FN. The van der Waals surface area contributed by atoms with Crippen molar-refractivity contribution in [3.63, 3.8) is 0 Å². The van der Waals surface area contributed by atoms with Crippen LogP contribution in [0.5, 0.6) is 0 Å². The van der Waals surface area contributed by atoms with Crippen molar-refractivity contribution in [2.45, 2.75) is 44.4 Å². The summed E-state index contributed by atoms with van der Waals surface area (Å²) >= 11 is 0. The lowest BCUT2D eigenvalue weighted by Gasteiger charge is -2.21. The van der Waals surface area contributed by atoms with Crippen LogP contribution in [0.1, 0.15) is 50.0 Å². The molecule has 1 aliphatic heterocycles. The van der Waals surface area contributed by atoms with E-state index in [1.165, 1.54) is 44.1 Å². The standard InChI is InChI=1S/C15H20FN/c16-12-7-8-15-13(9-12)14(10-17-15)11-5-3-1-2-4-6-11/h7-9,11,14,17H,1-6,10H2. The highest BCUT2D eigenvalue weighted by Gasteiger charge is 2.30. The first-order valence-corrected chi connectivity index (χ1v) is 6.88. The number of nitrogens with one attached hydrogen (secondary N) is 1. The fraction of sp³-hybridized carbons (Fsp3) is 0.600. The number of halogens is 1. The monoisotopic (exact) mass is 233 g/mol. The Kier molecular flexibility index (Phi) is 3.04. The highest BCUT2D eigenvalue weighted by Crippen LogP contribution is 2.41. The average Bonchev–Trinajstić information content (AvgIpc) is 2.58. The Balaban J connectivity index is 1.84. The molecule has 1 aromatic carbocycles. The maximum absolute atomic E-state index is 13.4. The number of anilines is 1. The van der Waals surface area contributed by atoms with Crippen molar-refractivity contribution in [3.8, 4) is 0 Å². The Labute approximate surface area is 102 Å². The third-order valence-corrected chi connectivity index (χ3v) is 4.39. The Bertz CT molecular complexity index is 394. The van der Waals surface area contributed by atoms with Gasteiger partial charge in [-0.05, 0) is 42.5 Å². The fourth-order valence-electron chi connectivity index (χ4n) is 3.47. The van der Waals surface area contributed by atoms with Gasteiger partial charge >= 0.3 is 0 Å². The van der Waals surface area contributed by atoms with E-state index >= 15 is 0 Å². The number of fused-ring (bicyclic) bond motifs is 1. The predicted molar refractivity (Wildman–Crippen MR) is 68.8 cm³/mol. The summed E-state index contributed by atoms with van der Waals surface area (Å²) in [6.45, 7) is 1.00. The van der Waals surface area contributed by atoms with Gasteiger partial charge in [0.15, 0.2) is 0 Å². The van der Waals surface area contributed by atoms with Gasteiger partial charge in [0.25, 0.3) is 0 Å². The van der Waals surface area contributed by atoms with Crippen LogP contribution >= 0.6 is 0 Å². The van der Waals surface area contributed by atoms with Crippen LogP contribution in [0.2, 0.25) is 0 Å². The Morgan fingerprint density at radius 2 is 1.82 bits per heavy atom. The Hall–Kier alpha value is -1.05. The van der Waals surface area contributed by atoms with Crippen LogP contribution in [-0.2, 0) is 0 Å². The molecule has 1 heterocycles. The lowest BCUT2D eigenvalue weighted by molar-refractivity contribution is 0.393. The smallest absolute Gasteiger partial charge is 0.123 e. The van der Waals surface area contributed by atoms with Crippen molar-refractivity contribution in [2.75, 3.05) is 11.9 Å². The minimum Gasteiger partial charge on any atom is -0.384 e. The number of rotatable bonds is 1. The average molecular weight is 233 g/mol. The number of benzene rings is 1. The summed E-state index contributed by atoms with van der Waals surface area (Å²) in [6.07, 6.45) is 8.11. The molecule has 0 aromatic heterocycles. The molecule has 0 spiro atoms. The van der Waals surface area contributed by atoms with Crippen LogP contribution in [0.25, 0.3) is 0 Å². The summed E-state index contributed by atoms with van der Waals surface area (Å²) in [5, 5.41) is 3.43. The van der Waals surface area contributed by atoms with E-state index in [4.69, 9.17) is 0 Å². The van der Waals surface area contributed by atoms with E-state index in [1.54, 1.807) is 12.1 Å². The van der Waals surface area contributed by atoms with Crippen LogP contribution in [0, 0.1) is 11.7 Å². The van der Waals surface area contributed by atoms with E-state index in [2.05, 4.69) is 5.32 Å². The first-order valence-electron chi connectivity index (χ1n) is 6.88. The van der Waals surface area contributed by atoms with Gasteiger partial charge < -0.3 is 5.32 Å². The molecule has 1 N–H and O–H groups in total. The molecule has 1 aliphatic carbocycles. The van der Waals surface area contributed by atoms with Gasteiger partial charge in [-0.15, -0.1) is 0 Å². The largest absolute Gasteiger partial charge is 0.384 e. The molecule has 1 unspecified atom stereocenters. The van der Waals surface area contributed by atoms with Gasteiger partial charge in [-0.1, -0.05) is 25.7 Å². The lowest BCUT2D eigenvalue weighted by atomic mass is 9.82. The lowest BCUT2D eigenvalue weighted by Crippen LogP contribution is -2.14. The summed E-state index contributed by atoms with van der Waals surface area (Å²) in [5.41, 5.74) is 2.37. The number of hydrogen-bond donors (Lipinski definition) is 1. The van der Waals surface area contributed by atoms with Crippen molar-refractivity contribution < 1.29 is 4.39 Å². The zero-order valence-corrected chi connectivity index (χ0v) is 10.2. The molecule has 0 saturated heterocycles. The van der Waals surface area contributed by atoms with Crippen molar-refractivity contribution in [2.24, 2.45) is 5.92 Å². The molecule has 1 atom stereocenters. The van der Waals surface area contributed by atoms with E-state index in [0.29, 0.717) is 5.92 Å². The molecule has 1 aromatic rings. The SMILES string of the molecule is Fc1ccc2c(c1)C(C1CCCCCC1)CN2. The van der Waals surface area contributed by atoms with Crippen LogP contribution < -0.4 is 5.32 Å². The molecule has 92 valence electrons. The zero-order valence-electron chi connectivity index (χ0n) is 10.2. The molecule has 2 heteroatoms. The first kappa shape index (κ1) is 11.1. The summed E-state index contributed by atoms with van der Waals surface area (Å²) in [6, 6.07) is 5.19. The van der Waals surface area contributed by atoms with Crippen LogP contribution in [0.3, 0.4) is 0 Å². The van der Waals surface area contributed by atoms with Gasteiger partial charge in [0.1, 0.15) is 5.82 Å². The third kappa shape index (κ3) is 2.18. The van der Waals surface area contributed by atoms with E-state index in [1.807, 2.05) is 6.07 Å². The maximum Gasteiger partial charge on any atom is 0.123 e. The highest BCUT2D eigenvalue weighted by atomic mass is 19.1. The molecule has 0 radical (unpaired) electrons. The predicted octanol–water partition coefficient (Wildman–Crippen LogP) is 4.31. The molecule has 2 aliphatic rings. The fourth-order valence-corrected chi connectivity index (χ4v) is 3.47.